The second kappa shape index (κ2) is 5.07. The molecule has 2 atom stereocenters. The fourth-order valence-electron chi connectivity index (χ4n) is 2.39. The number of benzene rings is 1. The van der Waals surface area contributed by atoms with E-state index in [-0.39, 0.29) is 0 Å². The summed E-state index contributed by atoms with van der Waals surface area (Å²) in [4.78, 5) is 4.91. The minimum atomic E-state index is 0.340. The summed E-state index contributed by atoms with van der Waals surface area (Å²) in [6, 6.07) is 8.61. The summed E-state index contributed by atoms with van der Waals surface area (Å²) in [7, 11) is 2.19. The van der Waals surface area contributed by atoms with E-state index in [0.29, 0.717) is 17.8 Å². The highest BCUT2D eigenvalue weighted by atomic mass is 16.3. The zero-order chi connectivity index (χ0) is 12.4. The molecule has 0 saturated carbocycles. The van der Waals surface area contributed by atoms with Crippen molar-refractivity contribution in [1.82, 2.24) is 9.80 Å². The molecule has 0 aliphatic carbocycles. The van der Waals surface area contributed by atoms with Gasteiger partial charge >= 0.3 is 0 Å². The van der Waals surface area contributed by atoms with Crippen molar-refractivity contribution < 1.29 is 5.11 Å². The van der Waals surface area contributed by atoms with Crippen molar-refractivity contribution in [2.24, 2.45) is 0 Å². The maximum atomic E-state index is 9.31. The van der Waals surface area contributed by atoms with Gasteiger partial charge in [-0.05, 0) is 38.6 Å². The van der Waals surface area contributed by atoms with E-state index >= 15 is 0 Å². The molecule has 1 saturated heterocycles. The van der Waals surface area contributed by atoms with Gasteiger partial charge in [-0.1, -0.05) is 12.1 Å². The van der Waals surface area contributed by atoms with Crippen molar-refractivity contribution in [2.75, 3.05) is 26.7 Å². The monoisotopic (exact) mass is 234 g/mol. The van der Waals surface area contributed by atoms with Gasteiger partial charge in [0.05, 0.1) is 0 Å². The standard InChI is InChI=1S/C14H22N2O/c1-11-10-16(9-8-15(11)3)12(2)13-4-6-14(17)7-5-13/h4-7,11-12,17H,8-10H2,1-3H3. The zero-order valence-corrected chi connectivity index (χ0v) is 10.9. The highest BCUT2D eigenvalue weighted by Crippen LogP contribution is 2.24. The molecule has 1 N–H and O–H groups in total. The summed E-state index contributed by atoms with van der Waals surface area (Å²) >= 11 is 0. The van der Waals surface area contributed by atoms with Gasteiger partial charge < -0.3 is 10.0 Å². The first-order valence-electron chi connectivity index (χ1n) is 6.31. The van der Waals surface area contributed by atoms with Crippen LogP contribution in [-0.4, -0.2) is 47.6 Å². The van der Waals surface area contributed by atoms with Crippen LogP contribution in [-0.2, 0) is 0 Å². The van der Waals surface area contributed by atoms with E-state index in [1.54, 1.807) is 12.1 Å². The van der Waals surface area contributed by atoms with Gasteiger partial charge in [-0.3, -0.25) is 4.90 Å². The molecule has 17 heavy (non-hydrogen) atoms. The maximum absolute atomic E-state index is 9.31. The number of piperazine rings is 1. The highest BCUT2D eigenvalue weighted by Gasteiger charge is 2.24. The molecule has 3 heteroatoms. The predicted molar refractivity (Wildman–Crippen MR) is 70.2 cm³/mol. The first kappa shape index (κ1) is 12.4. The quantitative estimate of drug-likeness (QED) is 0.849. The smallest absolute Gasteiger partial charge is 0.115 e. The van der Waals surface area contributed by atoms with Crippen LogP contribution in [0.25, 0.3) is 0 Å². The Morgan fingerprint density at radius 3 is 2.47 bits per heavy atom. The van der Waals surface area contributed by atoms with Crippen molar-refractivity contribution in [2.45, 2.75) is 25.9 Å². The van der Waals surface area contributed by atoms with Crippen molar-refractivity contribution in [3.05, 3.63) is 29.8 Å². The van der Waals surface area contributed by atoms with Gasteiger partial charge in [0.25, 0.3) is 0 Å². The summed E-state index contributed by atoms with van der Waals surface area (Å²) in [5, 5.41) is 9.31. The lowest BCUT2D eigenvalue weighted by Crippen LogP contribution is -2.50. The fraction of sp³-hybridized carbons (Fsp3) is 0.571. The SMILES string of the molecule is CC1CN(C(C)c2ccc(O)cc2)CCN1C. The number of nitrogens with zero attached hydrogens (tertiary/aromatic N) is 2. The Kier molecular flexibility index (Phi) is 3.69. The van der Waals surface area contributed by atoms with Crippen molar-refractivity contribution >= 4 is 0 Å². The summed E-state index contributed by atoms with van der Waals surface area (Å²) < 4.78 is 0. The molecular weight excluding hydrogens is 212 g/mol. The molecular formula is C14H22N2O. The minimum Gasteiger partial charge on any atom is -0.508 e. The van der Waals surface area contributed by atoms with E-state index in [2.05, 4.69) is 30.7 Å². The number of hydrogen-bond acceptors (Lipinski definition) is 3. The Labute approximate surface area is 104 Å². The predicted octanol–water partition coefficient (Wildman–Crippen LogP) is 2.09. The summed E-state index contributed by atoms with van der Waals surface area (Å²) in [6.45, 7) is 7.87. The van der Waals surface area contributed by atoms with E-state index in [1.807, 2.05) is 12.1 Å². The number of phenolic OH excluding ortho intramolecular Hbond substituents is 1. The lowest BCUT2D eigenvalue weighted by Gasteiger charge is -2.40. The first-order valence-corrected chi connectivity index (χ1v) is 6.31. The van der Waals surface area contributed by atoms with Gasteiger partial charge in [-0.2, -0.15) is 0 Å². The van der Waals surface area contributed by atoms with E-state index in [9.17, 15) is 5.11 Å². The second-order valence-corrected chi connectivity index (χ2v) is 5.09. The molecule has 0 bridgehead atoms. The van der Waals surface area contributed by atoms with E-state index in [4.69, 9.17) is 0 Å². The molecule has 0 spiro atoms. The number of aromatic hydroxyl groups is 1. The van der Waals surface area contributed by atoms with E-state index in [1.165, 1.54) is 5.56 Å². The Morgan fingerprint density at radius 1 is 1.24 bits per heavy atom. The van der Waals surface area contributed by atoms with Crippen LogP contribution in [0.2, 0.25) is 0 Å². The van der Waals surface area contributed by atoms with Crippen LogP contribution in [0.3, 0.4) is 0 Å². The van der Waals surface area contributed by atoms with Crippen LogP contribution in [0.1, 0.15) is 25.5 Å². The van der Waals surface area contributed by atoms with Gasteiger partial charge in [-0.15, -0.1) is 0 Å². The van der Waals surface area contributed by atoms with Crippen LogP contribution in [0, 0.1) is 0 Å². The largest absolute Gasteiger partial charge is 0.508 e. The number of likely N-dealkylation sites (N-methyl/N-ethyl adjacent to an activating group) is 1. The van der Waals surface area contributed by atoms with Crippen LogP contribution in [0.5, 0.6) is 5.75 Å². The normalized spacial score (nSPS) is 24.8. The molecule has 2 unspecified atom stereocenters. The van der Waals surface area contributed by atoms with Crippen molar-refractivity contribution in [3.8, 4) is 5.75 Å². The molecule has 2 rings (SSSR count). The third-order valence-corrected chi connectivity index (χ3v) is 3.91. The van der Waals surface area contributed by atoms with Crippen LogP contribution >= 0.6 is 0 Å². The molecule has 1 aliphatic rings. The summed E-state index contributed by atoms with van der Waals surface area (Å²) in [5.74, 6) is 0.340. The molecule has 1 aromatic rings. The molecule has 94 valence electrons. The Morgan fingerprint density at radius 2 is 1.88 bits per heavy atom. The highest BCUT2D eigenvalue weighted by molar-refractivity contribution is 5.27. The van der Waals surface area contributed by atoms with Crippen molar-refractivity contribution in [1.29, 1.82) is 0 Å². The lowest BCUT2D eigenvalue weighted by atomic mass is 10.0. The van der Waals surface area contributed by atoms with E-state index < -0.39 is 0 Å². The average molecular weight is 234 g/mol. The van der Waals surface area contributed by atoms with Gasteiger partial charge in [0, 0.05) is 31.7 Å². The lowest BCUT2D eigenvalue weighted by molar-refractivity contribution is 0.0774. The van der Waals surface area contributed by atoms with Gasteiger partial charge in [0.2, 0.25) is 0 Å². The third kappa shape index (κ3) is 2.79. The topological polar surface area (TPSA) is 26.7 Å². The molecule has 1 aromatic carbocycles. The molecule has 1 aliphatic heterocycles. The molecule has 3 nitrogen and oxygen atoms in total. The average Bonchev–Trinajstić information content (AvgIpc) is 2.33. The van der Waals surface area contributed by atoms with Crippen molar-refractivity contribution in [3.63, 3.8) is 0 Å². The molecule has 0 amide bonds. The third-order valence-electron chi connectivity index (χ3n) is 3.91. The molecule has 0 aromatic heterocycles. The summed E-state index contributed by atoms with van der Waals surface area (Å²) in [6.07, 6.45) is 0. The van der Waals surface area contributed by atoms with Gasteiger partial charge in [0.1, 0.15) is 5.75 Å². The number of hydrogen-bond donors (Lipinski definition) is 1. The van der Waals surface area contributed by atoms with Crippen LogP contribution in [0.4, 0.5) is 0 Å². The second-order valence-electron chi connectivity index (χ2n) is 5.09. The Balaban J connectivity index is 2.05. The Bertz CT molecular complexity index is 363. The fourth-order valence-corrected chi connectivity index (χ4v) is 2.39. The minimum absolute atomic E-state index is 0.340. The van der Waals surface area contributed by atoms with Gasteiger partial charge in [-0.25, -0.2) is 0 Å². The number of phenols is 1. The van der Waals surface area contributed by atoms with Gasteiger partial charge in [0.15, 0.2) is 0 Å². The first-order chi connectivity index (χ1) is 8.08. The maximum Gasteiger partial charge on any atom is 0.115 e. The number of rotatable bonds is 2. The zero-order valence-electron chi connectivity index (χ0n) is 10.9. The molecule has 1 fully saturated rings. The van der Waals surface area contributed by atoms with E-state index in [0.717, 1.165) is 19.6 Å². The Hall–Kier alpha value is -1.06. The molecule has 1 heterocycles. The summed E-state index contributed by atoms with van der Waals surface area (Å²) in [5.41, 5.74) is 1.28. The van der Waals surface area contributed by atoms with Crippen LogP contribution in [0.15, 0.2) is 24.3 Å². The molecule has 0 radical (unpaired) electrons. The van der Waals surface area contributed by atoms with Crippen LogP contribution < -0.4 is 0 Å².